The number of nitrogens with zero attached hydrogens (tertiary/aromatic N) is 2. The maximum absolute atomic E-state index is 13.0. The summed E-state index contributed by atoms with van der Waals surface area (Å²) >= 11 is 1.70. The number of hydrogen-bond donors (Lipinski definition) is 0. The molecule has 6 heteroatoms. The fourth-order valence-corrected chi connectivity index (χ4v) is 4.37. The highest BCUT2D eigenvalue weighted by molar-refractivity contribution is 7.98. The van der Waals surface area contributed by atoms with Gasteiger partial charge in [-0.05, 0) is 35.9 Å². The van der Waals surface area contributed by atoms with Gasteiger partial charge in [-0.25, -0.2) is 0 Å². The second-order valence-electron chi connectivity index (χ2n) is 7.30. The Morgan fingerprint density at radius 2 is 1.77 bits per heavy atom. The third kappa shape index (κ3) is 5.07. The second kappa shape index (κ2) is 9.87. The van der Waals surface area contributed by atoms with Crippen LogP contribution in [0.15, 0.2) is 76.2 Å². The predicted octanol–water partition coefficient (Wildman–Crippen LogP) is 4.68. The molecule has 0 atom stereocenters. The van der Waals surface area contributed by atoms with E-state index >= 15 is 0 Å². The summed E-state index contributed by atoms with van der Waals surface area (Å²) in [5.41, 5.74) is 3.21. The molecule has 0 spiro atoms. The molecule has 1 amide bonds. The third-order valence-electron chi connectivity index (χ3n) is 5.16. The Morgan fingerprint density at radius 3 is 2.50 bits per heavy atom. The van der Waals surface area contributed by atoms with Crippen molar-refractivity contribution in [1.82, 2.24) is 4.90 Å². The Kier molecular flexibility index (Phi) is 6.77. The van der Waals surface area contributed by atoms with Crippen molar-refractivity contribution in [2.45, 2.75) is 17.2 Å². The van der Waals surface area contributed by atoms with E-state index in [-0.39, 0.29) is 5.91 Å². The zero-order valence-electron chi connectivity index (χ0n) is 17.1. The lowest BCUT2D eigenvalue weighted by atomic mass is 10.1. The molecule has 0 unspecified atom stereocenters. The van der Waals surface area contributed by atoms with Crippen molar-refractivity contribution in [3.8, 4) is 0 Å². The lowest BCUT2D eigenvalue weighted by molar-refractivity contribution is 0.0752. The Bertz CT molecular complexity index is 950. The van der Waals surface area contributed by atoms with Gasteiger partial charge >= 0.3 is 0 Å². The van der Waals surface area contributed by atoms with E-state index in [0.717, 1.165) is 37.4 Å². The van der Waals surface area contributed by atoms with Gasteiger partial charge in [-0.2, -0.15) is 0 Å². The van der Waals surface area contributed by atoms with Gasteiger partial charge in [0.2, 0.25) is 0 Å². The number of amides is 1. The van der Waals surface area contributed by atoms with Crippen LogP contribution < -0.4 is 4.90 Å². The van der Waals surface area contributed by atoms with Gasteiger partial charge in [0.25, 0.3) is 5.91 Å². The molecular weight excluding hydrogens is 396 g/mol. The first-order valence-electron chi connectivity index (χ1n) is 10.1. The van der Waals surface area contributed by atoms with E-state index in [1.54, 1.807) is 22.9 Å². The smallest absolute Gasteiger partial charge is 0.289 e. The van der Waals surface area contributed by atoms with Crippen molar-refractivity contribution >= 4 is 23.4 Å². The van der Waals surface area contributed by atoms with Crippen molar-refractivity contribution in [2.75, 3.05) is 38.3 Å². The molecule has 2 aromatic carbocycles. The molecule has 1 fully saturated rings. The number of anilines is 1. The number of morpholine rings is 1. The summed E-state index contributed by atoms with van der Waals surface area (Å²) in [5.74, 6) is 1.02. The Labute approximate surface area is 181 Å². The van der Waals surface area contributed by atoms with Crippen molar-refractivity contribution in [3.05, 3.63) is 83.8 Å². The summed E-state index contributed by atoms with van der Waals surface area (Å²) in [6.45, 7) is 3.91. The maximum atomic E-state index is 13.0. The molecule has 0 N–H and O–H groups in total. The molecule has 1 aliphatic rings. The first kappa shape index (κ1) is 20.6. The molecule has 1 aliphatic heterocycles. The lowest BCUT2D eigenvalue weighted by Gasteiger charge is -2.29. The molecule has 4 rings (SSSR count). The number of hydrogen-bond acceptors (Lipinski definition) is 5. The van der Waals surface area contributed by atoms with E-state index in [2.05, 4.69) is 41.3 Å². The van der Waals surface area contributed by atoms with E-state index < -0.39 is 0 Å². The predicted molar refractivity (Wildman–Crippen MR) is 120 cm³/mol. The fraction of sp³-hybridized carbons (Fsp3) is 0.292. The molecule has 0 bridgehead atoms. The average molecular weight is 423 g/mol. The van der Waals surface area contributed by atoms with Gasteiger partial charge < -0.3 is 19.0 Å². The largest absolute Gasteiger partial charge is 0.459 e. The first-order valence-corrected chi connectivity index (χ1v) is 11.1. The molecule has 1 aromatic heterocycles. The van der Waals surface area contributed by atoms with Crippen LogP contribution in [-0.2, 0) is 17.0 Å². The van der Waals surface area contributed by atoms with Crippen LogP contribution in [0.25, 0.3) is 0 Å². The van der Waals surface area contributed by atoms with Crippen LogP contribution in [-0.4, -0.2) is 44.2 Å². The number of carbonyl (C=O) groups excluding carboxylic acids is 1. The number of furan rings is 1. The van der Waals surface area contributed by atoms with E-state index in [1.807, 2.05) is 31.3 Å². The van der Waals surface area contributed by atoms with E-state index in [9.17, 15) is 4.79 Å². The van der Waals surface area contributed by atoms with Gasteiger partial charge in [0.05, 0.1) is 19.5 Å². The number of carbonyl (C=O) groups is 1. The third-order valence-corrected chi connectivity index (χ3v) is 6.22. The molecule has 5 nitrogen and oxygen atoms in total. The van der Waals surface area contributed by atoms with Gasteiger partial charge in [-0.15, -0.1) is 11.8 Å². The van der Waals surface area contributed by atoms with E-state index in [0.29, 0.717) is 18.1 Å². The Balaban J connectivity index is 1.36. The second-order valence-corrected chi connectivity index (χ2v) is 8.35. The van der Waals surface area contributed by atoms with Gasteiger partial charge in [-0.1, -0.05) is 30.3 Å². The molecule has 1 saturated heterocycles. The monoisotopic (exact) mass is 422 g/mol. The van der Waals surface area contributed by atoms with E-state index in [1.165, 1.54) is 10.6 Å². The minimum atomic E-state index is -0.0964. The molecule has 3 aromatic rings. The van der Waals surface area contributed by atoms with Crippen LogP contribution in [0, 0.1) is 0 Å². The first-order chi connectivity index (χ1) is 14.7. The molecule has 0 radical (unpaired) electrons. The van der Waals surface area contributed by atoms with Crippen LogP contribution in [0.2, 0.25) is 0 Å². The van der Waals surface area contributed by atoms with Crippen LogP contribution in [0.5, 0.6) is 0 Å². The van der Waals surface area contributed by atoms with Crippen molar-refractivity contribution in [2.24, 2.45) is 0 Å². The summed E-state index contributed by atoms with van der Waals surface area (Å²) in [4.78, 5) is 18.2. The molecule has 0 saturated carbocycles. The quantitative estimate of drug-likeness (QED) is 0.517. The SMILES string of the molecule is CN(Cc1ccc(N2CCOCC2)cc1)C(=O)c1occc1CSc1ccccc1. The summed E-state index contributed by atoms with van der Waals surface area (Å²) in [6, 6.07) is 20.5. The lowest BCUT2D eigenvalue weighted by Crippen LogP contribution is -2.36. The summed E-state index contributed by atoms with van der Waals surface area (Å²) < 4.78 is 11.0. The standard InChI is InChI=1S/C24H26N2O3S/c1-25(17-19-7-9-21(10-8-19)26-12-15-28-16-13-26)24(27)23-20(11-14-29-23)18-30-22-5-3-2-4-6-22/h2-11,14H,12-13,15-18H2,1H3. The normalized spacial score (nSPS) is 14.0. The fourth-order valence-electron chi connectivity index (χ4n) is 3.47. The molecule has 2 heterocycles. The highest BCUT2D eigenvalue weighted by Gasteiger charge is 2.20. The zero-order chi connectivity index (χ0) is 20.8. The van der Waals surface area contributed by atoms with Gasteiger partial charge in [0, 0.05) is 48.6 Å². The van der Waals surface area contributed by atoms with Crippen LogP contribution in [0.3, 0.4) is 0 Å². The Morgan fingerprint density at radius 1 is 1.03 bits per heavy atom. The van der Waals surface area contributed by atoms with Crippen molar-refractivity contribution in [1.29, 1.82) is 0 Å². The average Bonchev–Trinajstić information content (AvgIpc) is 3.27. The highest BCUT2D eigenvalue weighted by atomic mass is 32.2. The van der Waals surface area contributed by atoms with Gasteiger partial charge in [0.15, 0.2) is 5.76 Å². The summed E-state index contributed by atoms with van der Waals surface area (Å²) in [6.07, 6.45) is 1.60. The van der Waals surface area contributed by atoms with Crippen LogP contribution >= 0.6 is 11.8 Å². The van der Waals surface area contributed by atoms with E-state index in [4.69, 9.17) is 9.15 Å². The summed E-state index contributed by atoms with van der Waals surface area (Å²) in [5, 5.41) is 0. The molecule has 0 aliphatic carbocycles. The minimum Gasteiger partial charge on any atom is -0.459 e. The topological polar surface area (TPSA) is 45.9 Å². The molecule has 30 heavy (non-hydrogen) atoms. The van der Waals surface area contributed by atoms with Gasteiger partial charge in [0.1, 0.15) is 0 Å². The van der Waals surface area contributed by atoms with Gasteiger partial charge in [-0.3, -0.25) is 4.79 Å². The van der Waals surface area contributed by atoms with Crippen molar-refractivity contribution in [3.63, 3.8) is 0 Å². The molecule has 156 valence electrons. The minimum absolute atomic E-state index is 0.0964. The van der Waals surface area contributed by atoms with Crippen molar-refractivity contribution < 1.29 is 13.9 Å². The number of ether oxygens (including phenoxy) is 1. The van der Waals surface area contributed by atoms with Crippen LogP contribution in [0.4, 0.5) is 5.69 Å². The van der Waals surface area contributed by atoms with Crippen LogP contribution in [0.1, 0.15) is 21.7 Å². The number of thioether (sulfide) groups is 1. The molecular formula is C24H26N2O3S. The summed E-state index contributed by atoms with van der Waals surface area (Å²) in [7, 11) is 1.81. The number of benzene rings is 2. The Hall–Kier alpha value is -2.70. The highest BCUT2D eigenvalue weighted by Crippen LogP contribution is 2.26. The number of rotatable bonds is 7. The maximum Gasteiger partial charge on any atom is 0.289 e. The zero-order valence-corrected chi connectivity index (χ0v) is 17.9.